The minimum Gasteiger partial charge on any atom is -0.494 e. The van der Waals surface area contributed by atoms with Crippen LogP contribution in [0.1, 0.15) is 18.9 Å². The van der Waals surface area contributed by atoms with Gasteiger partial charge in [0.05, 0.1) is 24.9 Å². The molecule has 0 radical (unpaired) electrons. The molecule has 1 aromatic heterocycles. The van der Waals surface area contributed by atoms with Gasteiger partial charge in [0.2, 0.25) is 0 Å². The van der Waals surface area contributed by atoms with Gasteiger partial charge in [0.1, 0.15) is 5.75 Å². The molecule has 118 valence electrons. The zero-order valence-electron chi connectivity index (χ0n) is 12.9. The summed E-state index contributed by atoms with van der Waals surface area (Å²) in [7, 11) is 0. The van der Waals surface area contributed by atoms with Crippen molar-refractivity contribution >= 4 is 0 Å². The molecule has 1 saturated heterocycles. The molecule has 1 aromatic carbocycles. The minimum atomic E-state index is -0.742. The molecule has 1 unspecified atom stereocenters. The Hall–Kier alpha value is -1.92. The van der Waals surface area contributed by atoms with Crippen molar-refractivity contribution in [2.24, 2.45) is 0 Å². The summed E-state index contributed by atoms with van der Waals surface area (Å²) in [6.45, 7) is 5.42. The van der Waals surface area contributed by atoms with Gasteiger partial charge >= 0.3 is 0 Å². The van der Waals surface area contributed by atoms with E-state index in [9.17, 15) is 5.11 Å². The Morgan fingerprint density at radius 2 is 2.23 bits per heavy atom. The molecule has 6 nitrogen and oxygen atoms in total. The first-order valence-electron chi connectivity index (χ1n) is 7.68. The normalized spacial score (nSPS) is 22.1. The van der Waals surface area contributed by atoms with Crippen LogP contribution < -0.4 is 4.74 Å². The average molecular weight is 302 g/mol. The minimum absolute atomic E-state index is 0.483. The molecule has 3 rings (SSSR count). The van der Waals surface area contributed by atoms with Gasteiger partial charge in [-0.05, 0) is 19.4 Å². The highest BCUT2D eigenvalue weighted by molar-refractivity contribution is 5.33. The molecule has 2 aromatic rings. The van der Waals surface area contributed by atoms with Gasteiger partial charge in [0.25, 0.3) is 0 Å². The van der Waals surface area contributed by atoms with Crippen molar-refractivity contribution in [3.8, 4) is 5.75 Å². The van der Waals surface area contributed by atoms with E-state index in [-0.39, 0.29) is 0 Å². The Bertz CT molecular complexity index is 602. The lowest BCUT2D eigenvalue weighted by atomic mass is 10.0. The van der Waals surface area contributed by atoms with Crippen molar-refractivity contribution < 1.29 is 9.84 Å². The van der Waals surface area contributed by atoms with Gasteiger partial charge < -0.3 is 9.84 Å². The number of rotatable bonds is 6. The molecule has 1 N–H and O–H groups in total. The van der Waals surface area contributed by atoms with Crippen LogP contribution in [-0.4, -0.2) is 50.3 Å². The summed E-state index contributed by atoms with van der Waals surface area (Å²) in [5.74, 6) is 0.928. The highest BCUT2D eigenvalue weighted by Gasteiger charge is 2.36. The number of β-amino-alcohol motifs (C(OH)–C–C–N with tert-alkyl or cyclic N) is 1. The summed E-state index contributed by atoms with van der Waals surface area (Å²) in [6, 6.07) is 8.09. The number of nitrogens with zero attached hydrogens (tertiary/aromatic N) is 4. The van der Waals surface area contributed by atoms with Crippen LogP contribution in [0.25, 0.3) is 0 Å². The van der Waals surface area contributed by atoms with Crippen LogP contribution in [0, 0.1) is 0 Å². The Labute approximate surface area is 130 Å². The molecule has 1 fully saturated rings. The molecule has 0 aliphatic carbocycles. The lowest BCUT2D eigenvalue weighted by molar-refractivity contribution is 0.0273. The third-order valence-electron chi connectivity index (χ3n) is 4.01. The van der Waals surface area contributed by atoms with Crippen LogP contribution in [0.3, 0.4) is 0 Å². The monoisotopic (exact) mass is 302 g/mol. The predicted octanol–water partition coefficient (Wildman–Crippen LogP) is 1.31. The zero-order chi connectivity index (χ0) is 15.4. The molecule has 0 spiro atoms. The summed E-state index contributed by atoms with van der Waals surface area (Å²) in [5.41, 5.74) is 0.420. The summed E-state index contributed by atoms with van der Waals surface area (Å²) in [5, 5.41) is 18.4. The SMILES string of the molecule is CCOc1ccccc1CN1CCC(O)(Cn2ccnn2)C1. The van der Waals surface area contributed by atoms with Crippen molar-refractivity contribution in [2.45, 2.75) is 32.0 Å². The molecular formula is C16H22N4O2. The van der Waals surface area contributed by atoms with Gasteiger partial charge in [-0.1, -0.05) is 23.4 Å². The first kappa shape index (κ1) is 15.0. The van der Waals surface area contributed by atoms with Gasteiger partial charge in [0, 0.05) is 31.4 Å². The Balaban J connectivity index is 1.63. The predicted molar refractivity (Wildman–Crippen MR) is 82.5 cm³/mol. The van der Waals surface area contributed by atoms with Crippen molar-refractivity contribution in [3.05, 3.63) is 42.2 Å². The maximum absolute atomic E-state index is 10.7. The molecule has 1 aliphatic rings. The third-order valence-corrected chi connectivity index (χ3v) is 4.01. The van der Waals surface area contributed by atoms with Crippen LogP contribution in [0.5, 0.6) is 5.75 Å². The first-order valence-corrected chi connectivity index (χ1v) is 7.68. The second kappa shape index (κ2) is 6.46. The van der Waals surface area contributed by atoms with Crippen molar-refractivity contribution in [1.29, 1.82) is 0 Å². The van der Waals surface area contributed by atoms with E-state index in [1.54, 1.807) is 17.1 Å². The number of para-hydroxylation sites is 1. The number of aliphatic hydroxyl groups is 1. The van der Waals surface area contributed by atoms with Gasteiger partial charge in [-0.15, -0.1) is 5.10 Å². The van der Waals surface area contributed by atoms with E-state index in [0.717, 1.165) is 30.8 Å². The van der Waals surface area contributed by atoms with Gasteiger partial charge in [0.15, 0.2) is 0 Å². The largest absolute Gasteiger partial charge is 0.494 e. The van der Waals surface area contributed by atoms with E-state index in [4.69, 9.17) is 4.74 Å². The molecule has 0 bridgehead atoms. The summed E-state index contributed by atoms with van der Waals surface area (Å²) in [6.07, 6.45) is 4.16. The fourth-order valence-electron chi connectivity index (χ4n) is 2.99. The van der Waals surface area contributed by atoms with E-state index in [1.165, 1.54) is 0 Å². The molecule has 1 aliphatic heterocycles. The molecule has 0 saturated carbocycles. The molecule has 1 atom stereocenters. The topological polar surface area (TPSA) is 63.4 Å². The Morgan fingerprint density at radius 3 is 3.00 bits per heavy atom. The van der Waals surface area contributed by atoms with Crippen molar-refractivity contribution in [2.75, 3.05) is 19.7 Å². The smallest absolute Gasteiger partial charge is 0.123 e. The number of ether oxygens (including phenoxy) is 1. The number of hydrogen-bond donors (Lipinski definition) is 1. The second-order valence-electron chi connectivity index (χ2n) is 5.83. The maximum Gasteiger partial charge on any atom is 0.123 e. The molecule has 22 heavy (non-hydrogen) atoms. The van der Waals surface area contributed by atoms with E-state index in [0.29, 0.717) is 19.7 Å². The summed E-state index contributed by atoms with van der Waals surface area (Å²) in [4.78, 5) is 2.26. The van der Waals surface area contributed by atoms with Gasteiger partial charge in [-0.25, -0.2) is 4.68 Å². The highest BCUT2D eigenvalue weighted by atomic mass is 16.5. The number of benzene rings is 1. The Morgan fingerprint density at radius 1 is 1.36 bits per heavy atom. The van der Waals surface area contributed by atoms with Crippen LogP contribution in [0.2, 0.25) is 0 Å². The molecule has 6 heteroatoms. The van der Waals surface area contributed by atoms with Crippen LogP contribution in [-0.2, 0) is 13.1 Å². The highest BCUT2D eigenvalue weighted by Crippen LogP contribution is 2.27. The van der Waals surface area contributed by atoms with E-state index < -0.39 is 5.60 Å². The van der Waals surface area contributed by atoms with Crippen LogP contribution in [0.4, 0.5) is 0 Å². The average Bonchev–Trinajstić information content (AvgIpc) is 3.12. The van der Waals surface area contributed by atoms with Crippen molar-refractivity contribution in [1.82, 2.24) is 19.9 Å². The maximum atomic E-state index is 10.7. The lowest BCUT2D eigenvalue weighted by Gasteiger charge is -2.23. The number of likely N-dealkylation sites (tertiary alicyclic amines) is 1. The van der Waals surface area contributed by atoms with Crippen molar-refractivity contribution in [3.63, 3.8) is 0 Å². The lowest BCUT2D eigenvalue weighted by Crippen LogP contribution is -2.37. The zero-order valence-corrected chi connectivity index (χ0v) is 12.9. The third kappa shape index (κ3) is 3.45. The summed E-state index contributed by atoms with van der Waals surface area (Å²) < 4.78 is 7.37. The quantitative estimate of drug-likeness (QED) is 0.872. The molecule has 0 amide bonds. The van der Waals surface area contributed by atoms with E-state index >= 15 is 0 Å². The summed E-state index contributed by atoms with van der Waals surface area (Å²) >= 11 is 0. The standard InChI is InChI=1S/C16H22N4O2/c1-2-22-15-6-4-3-5-14(15)11-19-9-7-16(21,12-19)13-20-10-8-17-18-20/h3-6,8,10,21H,2,7,9,11-13H2,1H3. The van der Waals surface area contributed by atoms with E-state index in [2.05, 4.69) is 21.3 Å². The van der Waals surface area contributed by atoms with Gasteiger partial charge in [-0.2, -0.15) is 0 Å². The van der Waals surface area contributed by atoms with Crippen LogP contribution in [0.15, 0.2) is 36.7 Å². The first-order chi connectivity index (χ1) is 10.7. The van der Waals surface area contributed by atoms with Gasteiger partial charge in [-0.3, -0.25) is 4.90 Å². The molecular weight excluding hydrogens is 280 g/mol. The van der Waals surface area contributed by atoms with Crippen LogP contribution >= 0.6 is 0 Å². The number of hydrogen-bond acceptors (Lipinski definition) is 5. The fourth-order valence-corrected chi connectivity index (χ4v) is 2.99. The number of aromatic nitrogens is 3. The fraction of sp³-hybridized carbons (Fsp3) is 0.500. The van der Waals surface area contributed by atoms with E-state index in [1.807, 2.05) is 25.1 Å². The second-order valence-corrected chi connectivity index (χ2v) is 5.83. The molecule has 2 heterocycles. The Kier molecular flexibility index (Phi) is 4.40.